The molecule has 192 valence electrons. The molecule has 0 bridgehead atoms. The standard InChI is InChI=1S/C29H36F2N4O/c1-19(2)34(20(3)4)12-13-35(28(36)33-24-8-9-26(30)27(31)16-24)25-10-11-29(17-23(29)15-25)22-7-5-6-21(14-22)18-32/h5-9,14,16,19-20,23,25H,10-13,15,17H2,1-4H3,(H,33,36)/t23?,25?,29-/m1/s1. The van der Waals surface area contributed by atoms with Crippen molar-refractivity contribution >= 4 is 11.7 Å². The fourth-order valence-electron chi connectivity index (χ4n) is 6.10. The number of nitrogens with zero attached hydrogens (tertiary/aromatic N) is 3. The fraction of sp³-hybridized carbons (Fsp3) is 0.517. The van der Waals surface area contributed by atoms with E-state index < -0.39 is 11.6 Å². The molecule has 2 saturated carbocycles. The second-order valence-electron chi connectivity index (χ2n) is 10.9. The van der Waals surface area contributed by atoms with Crippen LogP contribution in [-0.4, -0.2) is 47.0 Å². The van der Waals surface area contributed by atoms with Gasteiger partial charge < -0.3 is 10.2 Å². The molecule has 2 aliphatic carbocycles. The van der Waals surface area contributed by atoms with Crippen molar-refractivity contribution in [2.75, 3.05) is 18.4 Å². The number of hydrogen-bond donors (Lipinski definition) is 1. The minimum atomic E-state index is -0.981. The van der Waals surface area contributed by atoms with E-state index in [2.05, 4.69) is 50.0 Å². The minimum absolute atomic E-state index is 0.0660. The quantitative estimate of drug-likeness (QED) is 0.469. The van der Waals surface area contributed by atoms with E-state index >= 15 is 0 Å². The number of carbonyl (C=O) groups excluding carboxylic acids is 1. The summed E-state index contributed by atoms with van der Waals surface area (Å²) in [7, 11) is 0. The molecule has 0 radical (unpaired) electrons. The lowest BCUT2D eigenvalue weighted by molar-refractivity contribution is 0.120. The first-order chi connectivity index (χ1) is 17.1. The van der Waals surface area contributed by atoms with Crippen LogP contribution in [0.15, 0.2) is 42.5 Å². The normalized spacial score (nSPS) is 22.9. The Labute approximate surface area is 213 Å². The molecule has 0 spiro atoms. The zero-order valence-electron chi connectivity index (χ0n) is 21.6. The number of nitriles is 1. The third kappa shape index (κ3) is 5.39. The summed E-state index contributed by atoms with van der Waals surface area (Å²) in [6, 6.07) is 14.1. The largest absolute Gasteiger partial charge is 0.322 e. The summed E-state index contributed by atoms with van der Waals surface area (Å²) >= 11 is 0. The monoisotopic (exact) mass is 494 g/mol. The highest BCUT2D eigenvalue weighted by Gasteiger charge is 2.58. The number of rotatable bonds is 8. The summed E-state index contributed by atoms with van der Waals surface area (Å²) in [5, 5.41) is 12.1. The summed E-state index contributed by atoms with van der Waals surface area (Å²) in [5.74, 6) is -1.45. The van der Waals surface area contributed by atoms with Crippen molar-refractivity contribution in [3.8, 4) is 6.07 Å². The van der Waals surface area contributed by atoms with E-state index in [1.807, 2.05) is 23.1 Å². The predicted octanol–water partition coefficient (Wildman–Crippen LogP) is 6.30. The molecule has 36 heavy (non-hydrogen) atoms. The Balaban J connectivity index is 1.51. The highest BCUT2D eigenvalue weighted by Crippen LogP contribution is 2.62. The van der Waals surface area contributed by atoms with E-state index in [-0.39, 0.29) is 23.2 Å². The number of nitrogens with one attached hydrogen (secondary N) is 1. The van der Waals surface area contributed by atoms with Gasteiger partial charge in [-0.15, -0.1) is 0 Å². The van der Waals surface area contributed by atoms with Crippen LogP contribution in [0.2, 0.25) is 0 Å². The van der Waals surface area contributed by atoms with Crippen molar-refractivity contribution in [3.05, 3.63) is 65.2 Å². The van der Waals surface area contributed by atoms with E-state index in [1.165, 1.54) is 11.6 Å². The minimum Gasteiger partial charge on any atom is -0.320 e. The molecule has 0 heterocycles. The number of halogens is 2. The van der Waals surface area contributed by atoms with Crippen LogP contribution in [0.4, 0.5) is 19.3 Å². The lowest BCUT2D eigenvalue weighted by Gasteiger charge is -2.39. The molecule has 2 aromatic rings. The lowest BCUT2D eigenvalue weighted by atomic mass is 9.80. The number of hydrogen-bond acceptors (Lipinski definition) is 3. The maximum absolute atomic E-state index is 13.8. The Morgan fingerprint density at radius 2 is 1.86 bits per heavy atom. The van der Waals surface area contributed by atoms with Gasteiger partial charge in [0, 0.05) is 43.0 Å². The van der Waals surface area contributed by atoms with Crippen LogP contribution in [0.25, 0.3) is 0 Å². The van der Waals surface area contributed by atoms with Crippen LogP contribution in [-0.2, 0) is 5.41 Å². The van der Waals surface area contributed by atoms with Crippen LogP contribution >= 0.6 is 0 Å². The van der Waals surface area contributed by atoms with Crippen molar-refractivity contribution in [1.29, 1.82) is 5.26 Å². The number of amides is 2. The van der Waals surface area contributed by atoms with Gasteiger partial charge >= 0.3 is 6.03 Å². The number of anilines is 1. The van der Waals surface area contributed by atoms with Crippen LogP contribution < -0.4 is 5.32 Å². The Bertz CT molecular complexity index is 1140. The maximum atomic E-state index is 13.8. The smallest absolute Gasteiger partial charge is 0.320 e. The molecule has 7 heteroatoms. The van der Waals surface area contributed by atoms with Gasteiger partial charge in [0.05, 0.1) is 11.6 Å². The van der Waals surface area contributed by atoms with E-state index in [4.69, 9.17) is 0 Å². The second-order valence-corrected chi connectivity index (χ2v) is 10.9. The van der Waals surface area contributed by atoms with Gasteiger partial charge in [-0.3, -0.25) is 4.90 Å². The summed E-state index contributed by atoms with van der Waals surface area (Å²) in [6.07, 6.45) is 3.79. The molecule has 3 atom stereocenters. The van der Waals surface area contributed by atoms with Gasteiger partial charge in [-0.25, -0.2) is 13.6 Å². The molecule has 1 N–H and O–H groups in total. The summed E-state index contributed by atoms with van der Waals surface area (Å²) in [5.41, 5.74) is 2.27. The second kappa shape index (κ2) is 10.6. The molecule has 2 unspecified atom stereocenters. The summed E-state index contributed by atoms with van der Waals surface area (Å²) in [6.45, 7) is 9.90. The molecule has 2 fully saturated rings. The molecule has 2 aromatic carbocycles. The van der Waals surface area contributed by atoms with Crippen molar-refractivity contribution in [2.45, 2.75) is 76.9 Å². The number of benzene rings is 2. The van der Waals surface area contributed by atoms with Crippen molar-refractivity contribution in [1.82, 2.24) is 9.80 Å². The summed E-state index contributed by atoms with van der Waals surface area (Å²) < 4.78 is 27.2. The summed E-state index contributed by atoms with van der Waals surface area (Å²) in [4.78, 5) is 17.7. The van der Waals surface area contributed by atoms with E-state index in [0.717, 1.165) is 44.4 Å². The average molecular weight is 495 g/mol. The average Bonchev–Trinajstić information content (AvgIpc) is 3.59. The van der Waals surface area contributed by atoms with Crippen molar-refractivity contribution in [3.63, 3.8) is 0 Å². The van der Waals surface area contributed by atoms with Crippen molar-refractivity contribution in [2.24, 2.45) is 5.92 Å². The zero-order valence-corrected chi connectivity index (χ0v) is 21.6. The Morgan fingerprint density at radius 3 is 2.50 bits per heavy atom. The number of urea groups is 1. The first kappa shape index (κ1) is 26.1. The molecule has 0 aliphatic heterocycles. The molecule has 0 aromatic heterocycles. The van der Waals surface area contributed by atoms with Gasteiger partial charge in [-0.2, -0.15) is 5.26 Å². The highest BCUT2D eigenvalue weighted by atomic mass is 19.2. The van der Waals surface area contributed by atoms with Crippen LogP contribution in [0.3, 0.4) is 0 Å². The van der Waals surface area contributed by atoms with Crippen LogP contribution in [0.5, 0.6) is 0 Å². The van der Waals surface area contributed by atoms with Gasteiger partial charge in [-0.05, 0) is 94.5 Å². The Hall–Kier alpha value is -2.98. The molecular weight excluding hydrogens is 458 g/mol. The number of carbonyl (C=O) groups is 1. The third-order valence-electron chi connectivity index (χ3n) is 8.08. The molecule has 0 saturated heterocycles. The zero-order chi connectivity index (χ0) is 26.0. The van der Waals surface area contributed by atoms with Gasteiger partial charge in [-0.1, -0.05) is 12.1 Å². The first-order valence-corrected chi connectivity index (χ1v) is 12.9. The van der Waals surface area contributed by atoms with Crippen LogP contribution in [0.1, 0.15) is 64.5 Å². The molecule has 4 rings (SSSR count). The lowest BCUT2D eigenvalue weighted by Crippen LogP contribution is -2.50. The molecular formula is C29H36F2N4O. The van der Waals surface area contributed by atoms with Gasteiger partial charge in [0.15, 0.2) is 11.6 Å². The van der Waals surface area contributed by atoms with E-state index in [1.54, 1.807) is 0 Å². The van der Waals surface area contributed by atoms with E-state index in [0.29, 0.717) is 30.1 Å². The fourth-order valence-corrected chi connectivity index (χ4v) is 6.10. The van der Waals surface area contributed by atoms with Crippen molar-refractivity contribution < 1.29 is 13.6 Å². The van der Waals surface area contributed by atoms with Gasteiger partial charge in [0.2, 0.25) is 0 Å². The topological polar surface area (TPSA) is 59.4 Å². The maximum Gasteiger partial charge on any atom is 0.322 e. The molecule has 2 aliphatic rings. The van der Waals surface area contributed by atoms with Gasteiger partial charge in [0.25, 0.3) is 0 Å². The highest BCUT2D eigenvalue weighted by molar-refractivity contribution is 5.89. The predicted molar refractivity (Wildman–Crippen MR) is 138 cm³/mol. The SMILES string of the molecule is CC(C)N(CCN(C(=O)Nc1ccc(F)c(F)c1)C1CC[C@]2(c3cccc(C#N)c3)CC2C1)C(C)C. The van der Waals surface area contributed by atoms with E-state index in [9.17, 15) is 18.8 Å². The molecule has 5 nitrogen and oxygen atoms in total. The molecule has 2 amide bonds. The van der Waals surface area contributed by atoms with Crippen LogP contribution in [0, 0.1) is 28.9 Å². The third-order valence-corrected chi connectivity index (χ3v) is 8.08. The Kier molecular flexibility index (Phi) is 7.65. The Morgan fingerprint density at radius 1 is 1.11 bits per heavy atom. The first-order valence-electron chi connectivity index (χ1n) is 12.9. The van der Waals surface area contributed by atoms with Gasteiger partial charge in [0.1, 0.15) is 0 Å². The number of fused-ring (bicyclic) bond motifs is 1.